The van der Waals surface area contributed by atoms with E-state index in [0.717, 1.165) is 89.9 Å². The second-order valence-corrected chi connectivity index (χ2v) is 17.1. The number of esters is 3. The molecule has 6 nitrogen and oxygen atoms in total. The Hall–Kier alpha value is -2.37. The highest BCUT2D eigenvalue weighted by Crippen LogP contribution is 2.14. The van der Waals surface area contributed by atoms with Crippen LogP contribution in [0.15, 0.2) is 36.5 Å². The monoisotopic (exact) mass is 829 g/mol. The van der Waals surface area contributed by atoms with E-state index in [1.165, 1.54) is 135 Å². The minimum absolute atomic E-state index is 0.0781. The molecule has 0 fully saturated rings. The van der Waals surface area contributed by atoms with Crippen LogP contribution in [0.2, 0.25) is 0 Å². The van der Waals surface area contributed by atoms with Crippen LogP contribution in [0.5, 0.6) is 0 Å². The molecule has 59 heavy (non-hydrogen) atoms. The summed E-state index contributed by atoms with van der Waals surface area (Å²) in [4.78, 5) is 37.9. The molecule has 0 radical (unpaired) electrons. The largest absolute Gasteiger partial charge is 0.462 e. The summed E-state index contributed by atoms with van der Waals surface area (Å²) in [7, 11) is 0. The molecule has 0 saturated heterocycles. The molecule has 1 atom stereocenters. The van der Waals surface area contributed by atoms with Crippen LogP contribution in [0.25, 0.3) is 0 Å². The first-order valence-corrected chi connectivity index (χ1v) is 25.5. The van der Waals surface area contributed by atoms with Crippen LogP contribution >= 0.6 is 0 Å². The Morgan fingerprint density at radius 1 is 0.339 bits per heavy atom. The third-order valence-electron chi connectivity index (χ3n) is 11.1. The first kappa shape index (κ1) is 56.6. The topological polar surface area (TPSA) is 78.9 Å². The van der Waals surface area contributed by atoms with Gasteiger partial charge in [0.05, 0.1) is 0 Å². The quantitative estimate of drug-likeness (QED) is 0.0263. The summed E-state index contributed by atoms with van der Waals surface area (Å²) < 4.78 is 16.8. The van der Waals surface area contributed by atoms with E-state index in [0.29, 0.717) is 19.3 Å². The molecule has 0 N–H and O–H groups in total. The average Bonchev–Trinajstić information content (AvgIpc) is 3.23. The van der Waals surface area contributed by atoms with Gasteiger partial charge in [0.2, 0.25) is 0 Å². The predicted octanol–water partition coefficient (Wildman–Crippen LogP) is 16.5. The standard InChI is InChI=1S/C53H96O6/c1-4-7-10-13-16-19-22-24-26-28-29-31-34-37-40-43-46-52(55)58-49-50(48-57-51(54)45-42-39-36-33-21-18-15-12-9-6-3)59-53(56)47-44-41-38-35-32-30-27-25-23-20-17-14-11-8-5-2/h17,20,25-28,50H,4-16,18-19,21-24,29-49H2,1-3H3/b20-17-,27-25-,28-26-/t50-/m1/s1. The van der Waals surface area contributed by atoms with Gasteiger partial charge in [-0.05, 0) is 77.0 Å². The average molecular weight is 829 g/mol. The fraction of sp³-hybridized carbons (Fsp3) is 0.830. The normalized spacial score (nSPS) is 12.3. The van der Waals surface area contributed by atoms with Crippen molar-refractivity contribution >= 4 is 17.9 Å². The fourth-order valence-corrected chi connectivity index (χ4v) is 7.23. The van der Waals surface area contributed by atoms with Crippen molar-refractivity contribution in [2.24, 2.45) is 0 Å². The van der Waals surface area contributed by atoms with Crippen LogP contribution < -0.4 is 0 Å². The fourth-order valence-electron chi connectivity index (χ4n) is 7.23. The Morgan fingerprint density at radius 2 is 0.610 bits per heavy atom. The van der Waals surface area contributed by atoms with E-state index in [1.807, 2.05) is 0 Å². The van der Waals surface area contributed by atoms with Crippen LogP contribution in [0.1, 0.15) is 265 Å². The number of carbonyl (C=O) groups is 3. The maximum absolute atomic E-state index is 12.8. The Morgan fingerprint density at radius 3 is 0.983 bits per heavy atom. The zero-order valence-corrected chi connectivity index (χ0v) is 39.3. The van der Waals surface area contributed by atoms with Crippen LogP contribution in [-0.4, -0.2) is 37.2 Å². The zero-order chi connectivity index (χ0) is 43.0. The van der Waals surface area contributed by atoms with Crippen molar-refractivity contribution in [1.29, 1.82) is 0 Å². The molecule has 0 aromatic carbocycles. The molecule has 0 aromatic rings. The molecule has 0 saturated carbocycles. The summed E-state index contributed by atoms with van der Waals surface area (Å²) in [5.41, 5.74) is 0. The van der Waals surface area contributed by atoms with Gasteiger partial charge in [0.1, 0.15) is 13.2 Å². The smallest absolute Gasteiger partial charge is 0.306 e. The molecule has 0 rings (SSSR count). The molecule has 0 spiro atoms. The lowest BCUT2D eigenvalue weighted by Gasteiger charge is -2.18. The van der Waals surface area contributed by atoms with Gasteiger partial charge in [-0.25, -0.2) is 0 Å². The Bertz CT molecular complexity index is 1000. The molecule has 0 bridgehead atoms. The number of unbranched alkanes of at least 4 members (excludes halogenated alkanes) is 29. The van der Waals surface area contributed by atoms with E-state index < -0.39 is 6.10 Å². The number of hydrogen-bond donors (Lipinski definition) is 0. The highest BCUT2D eigenvalue weighted by atomic mass is 16.6. The molecule has 0 amide bonds. The summed E-state index contributed by atoms with van der Waals surface area (Å²) in [6.45, 7) is 6.59. The van der Waals surface area contributed by atoms with Crippen LogP contribution in [0, 0.1) is 0 Å². The molecule has 0 aromatic heterocycles. The molecule has 0 heterocycles. The lowest BCUT2D eigenvalue weighted by atomic mass is 10.1. The van der Waals surface area contributed by atoms with Gasteiger partial charge in [0.25, 0.3) is 0 Å². The molecule has 0 unspecified atom stereocenters. The molecular weight excluding hydrogens is 733 g/mol. The van der Waals surface area contributed by atoms with E-state index in [2.05, 4.69) is 57.2 Å². The van der Waals surface area contributed by atoms with Crippen molar-refractivity contribution in [3.8, 4) is 0 Å². The van der Waals surface area contributed by atoms with Gasteiger partial charge >= 0.3 is 17.9 Å². The van der Waals surface area contributed by atoms with Gasteiger partial charge in [-0.15, -0.1) is 0 Å². The minimum atomic E-state index is -0.778. The Labute approximate surface area is 365 Å². The van der Waals surface area contributed by atoms with Crippen LogP contribution in [0.4, 0.5) is 0 Å². The van der Waals surface area contributed by atoms with Crippen molar-refractivity contribution in [3.63, 3.8) is 0 Å². The summed E-state index contributed by atoms with van der Waals surface area (Å²) in [6, 6.07) is 0. The first-order chi connectivity index (χ1) is 29.0. The molecule has 0 aliphatic carbocycles. The minimum Gasteiger partial charge on any atom is -0.462 e. The number of ether oxygens (including phenoxy) is 3. The second kappa shape index (κ2) is 48.3. The molecule has 0 aliphatic heterocycles. The van der Waals surface area contributed by atoms with E-state index in [4.69, 9.17) is 14.2 Å². The van der Waals surface area contributed by atoms with Crippen molar-refractivity contribution in [2.75, 3.05) is 13.2 Å². The third-order valence-corrected chi connectivity index (χ3v) is 11.1. The van der Waals surface area contributed by atoms with E-state index in [9.17, 15) is 14.4 Å². The van der Waals surface area contributed by atoms with E-state index in [1.54, 1.807) is 0 Å². The zero-order valence-electron chi connectivity index (χ0n) is 39.3. The summed E-state index contributed by atoms with van der Waals surface area (Å²) >= 11 is 0. The molecule has 6 heteroatoms. The van der Waals surface area contributed by atoms with Crippen molar-refractivity contribution in [1.82, 2.24) is 0 Å². The van der Waals surface area contributed by atoms with Gasteiger partial charge in [-0.1, -0.05) is 205 Å². The second-order valence-electron chi connectivity index (χ2n) is 17.1. The highest BCUT2D eigenvalue weighted by Gasteiger charge is 2.19. The van der Waals surface area contributed by atoms with E-state index in [-0.39, 0.29) is 31.1 Å². The maximum Gasteiger partial charge on any atom is 0.306 e. The van der Waals surface area contributed by atoms with Crippen molar-refractivity contribution in [3.05, 3.63) is 36.5 Å². The summed E-state index contributed by atoms with van der Waals surface area (Å²) in [5.74, 6) is -0.894. The van der Waals surface area contributed by atoms with Crippen LogP contribution in [-0.2, 0) is 28.6 Å². The molecule has 344 valence electrons. The van der Waals surface area contributed by atoms with Gasteiger partial charge in [-0.3, -0.25) is 14.4 Å². The third kappa shape index (κ3) is 46.5. The Kier molecular flexibility index (Phi) is 46.4. The van der Waals surface area contributed by atoms with Crippen LogP contribution in [0.3, 0.4) is 0 Å². The molecular formula is C53H96O6. The predicted molar refractivity (Wildman–Crippen MR) is 252 cm³/mol. The maximum atomic E-state index is 12.8. The lowest BCUT2D eigenvalue weighted by molar-refractivity contribution is -0.167. The highest BCUT2D eigenvalue weighted by molar-refractivity contribution is 5.71. The Balaban J connectivity index is 4.37. The van der Waals surface area contributed by atoms with Crippen molar-refractivity contribution < 1.29 is 28.6 Å². The summed E-state index contributed by atoms with van der Waals surface area (Å²) in [6.07, 6.45) is 55.5. The number of rotatable bonds is 46. The number of carbonyl (C=O) groups excluding carboxylic acids is 3. The van der Waals surface area contributed by atoms with Gasteiger partial charge in [0, 0.05) is 19.3 Å². The van der Waals surface area contributed by atoms with Crippen molar-refractivity contribution in [2.45, 2.75) is 271 Å². The summed E-state index contributed by atoms with van der Waals surface area (Å²) in [5, 5.41) is 0. The number of hydrogen-bond acceptors (Lipinski definition) is 6. The van der Waals surface area contributed by atoms with E-state index >= 15 is 0 Å². The number of allylic oxidation sites excluding steroid dienone is 6. The SMILES string of the molecule is CCCCC/C=C\C/C=C\CCCCCCCC(=O)O[C@@H](COC(=O)CCCCCCC/C=C\CCCCCCCCC)COC(=O)CCCCCCCCCCCC. The van der Waals surface area contributed by atoms with Gasteiger partial charge < -0.3 is 14.2 Å². The van der Waals surface area contributed by atoms with Gasteiger partial charge in [-0.2, -0.15) is 0 Å². The molecule has 0 aliphatic rings. The first-order valence-electron chi connectivity index (χ1n) is 25.5. The lowest BCUT2D eigenvalue weighted by Crippen LogP contribution is -2.30. The van der Waals surface area contributed by atoms with Gasteiger partial charge in [0.15, 0.2) is 6.10 Å².